The Morgan fingerprint density at radius 1 is 1.27 bits per heavy atom. The third-order valence-corrected chi connectivity index (χ3v) is 2.36. The Morgan fingerprint density at radius 3 is 2.67 bits per heavy atom. The van der Waals surface area contributed by atoms with Crippen molar-refractivity contribution in [3.05, 3.63) is 30.0 Å². The van der Waals surface area contributed by atoms with Crippen LogP contribution in [0.2, 0.25) is 0 Å². The lowest BCUT2D eigenvalue weighted by atomic mass is 10.4. The van der Waals surface area contributed by atoms with Crippen LogP contribution >= 0.6 is 0 Å². The van der Waals surface area contributed by atoms with Gasteiger partial charge >= 0.3 is 0 Å². The number of aromatic nitrogens is 4. The number of anilines is 1. The zero-order valence-electron chi connectivity index (χ0n) is 9.02. The van der Waals surface area contributed by atoms with Gasteiger partial charge in [-0.3, -0.25) is 4.57 Å². The van der Waals surface area contributed by atoms with Crippen molar-refractivity contribution >= 4 is 5.95 Å². The van der Waals surface area contributed by atoms with E-state index < -0.39 is 0 Å². The van der Waals surface area contributed by atoms with Crippen LogP contribution in [0.5, 0.6) is 0 Å². The highest BCUT2D eigenvalue weighted by Gasteiger charge is 2.05. The lowest BCUT2D eigenvalue weighted by molar-refractivity contribution is 0.936. The van der Waals surface area contributed by atoms with E-state index >= 15 is 0 Å². The Balaban J connectivity index is 2.49. The largest absolute Gasteiger partial charge is 0.357 e. The molecule has 0 saturated carbocycles. The highest BCUT2D eigenvalue weighted by molar-refractivity contribution is 5.33. The predicted molar refractivity (Wildman–Crippen MR) is 58.2 cm³/mol. The first-order valence-corrected chi connectivity index (χ1v) is 4.74. The molecule has 0 aromatic carbocycles. The second-order valence-electron chi connectivity index (χ2n) is 3.27. The maximum atomic E-state index is 4.34. The van der Waals surface area contributed by atoms with E-state index in [2.05, 4.69) is 20.3 Å². The molecule has 0 aliphatic rings. The minimum Gasteiger partial charge on any atom is -0.357 e. The highest BCUT2D eigenvalue weighted by Crippen LogP contribution is 2.11. The fraction of sp³-hybridized carbons (Fsp3) is 0.300. The van der Waals surface area contributed by atoms with E-state index in [9.17, 15) is 0 Å². The van der Waals surface area contributed by atoms with E-state index in [1.54, 1.807) is 19.6 Å². The molecule has 2 aromatic rings. The number of imidazole rings is 1. The van der Waals surface area contributed by atoms with Crippen molar-refractivity contribution < 1.29 is 0 Å². The average Bonchev–Trinajstić information content (AvgIpc) is 2.60. The molecule has 0 fully saturated rings. The molecule has 0 unspecified atom stereocenters. The fourth-order valence-corrected chi connectivity index (χ4v) is 1.33. The Bertz CT molecular complexity index is 474. The van der Waals surface area contributed by atoms with Crippen molar-refractivity contribution in [2.45, 2.75) is 13.8 Å². The van der Waals surface area contributed by atoms with Gasteiger partial charge in [-0.2, -0.15) is 4.98 Å². The number of rotatable bonds is 2. The van der Waals surface area contributed by atoms with Crippen molar-refractivity contribution in [3.8, 4) is 5.82 Å². The lowest BCUT2D eigenvalue weighted by Crippen LogP contribution is -2.02. The second kappa shape index (κ2) is 3.68. The van der Waals surface area contributed by atoms with Gasteiger partial charge in [-0.1, -0.05) is 0 Å². The molecule has 0 atom stereocenters. The van der Waals surface area contributed by atoms with Crippen LogP contribution in [-0.4, -0.2) is 26.6 Å². The van der Waals surface area contributed by atoms with Crippen molar-refractivity contribution in [1.29, 1.82) is 0 Å². The molecule has 15 heavy (non-hydrogen) atoms. The van der Waals surface area contributed by atoms with E-state index in [1.165, 1.54) is 0 Å². The first-order valence-electron chi connectivity index (χ1n) is 4.74. The third-order valence-electron chi connectivity index (χ3n) is 2.36. The Morgan fingerprint density at radius 2 is 2.07 bits per heavy atom. The first-order chi connectivity index (χ1) is 7.22. The van der Waals surface area contributed by atoms with Crippen molar-refractivity contribution in [2.75, 3.05) is 12.4 Å². The molecule has 5 heteroatoms. The molecule has 0 radical (unpaired) electrons. The molecule has 0 bridgehead atoms. The summed E-state index contributed by atoms with van der Waals surface area (Å²) in [4.78, 5) is 12.6. The van der Waals surface area contributed by atoms with Gasteiger partial charge in [0, 0.05) is 18.9 Å². The molecule has 2 aromatic heterocycles. The second-order valence-corrected chi connectivity index (χ2v) is 3.27. The molecule has 1 N–H and O–H groups in total. The van der Waals surface area contributed by atoms with Crippen molar-refractivity contribution in [1.82, 2.24) is 19.5 Å². The molecule has 0 spiro atoms. The zero-order chi connectivity index (χ0) is 10.8. The minimum atomic E-state index is 0.609. The molecule has 2 rings (SSSR count). The van der Waals surface area contributed by atoms with Crippen LogP contribution in [0.1, 0.15) is 11.4 Å². The van der Waals surface area contributed by atoms with Crippen LogP contribution in [0.25, 0.3) is 5.82 Å². The summed E-state index contributed by atoms with van der Waals surface area (Å²) >= 11 is 0. The van der Waals surface area contributed by atoms with Gasteiger partial charge in [-0.25, -0.2) is 9.97 Å². The maximum absolute atomic E-state index is 4.34. The van der Waals surface area contributed by atoms with Gasteiger partial charge in [-0.15, -0.1) is 0 Å². The number of hydrogen-bond acceptors (Lipinski definition) is 4. The Kier molecular flexibility index (Phi) is 2.37. The normalized spacial score (nSPS) is 10.3. The summed E-state index contributed by atoms with van der Waals surface area (Å²) in [5.41, 5.74) is 2.11. The van der Waals surface area contributed by atoms with E-state index in [1.807, 2.05) is 24.5 Å². The van der Waals surface area contributed by atoms with Crippen molar-refractivity contribution in [3.63, 3.8) is 0 Å². The summed E-state index contributed by atoms with van der Waals surface area (Å²) in [5.74, 6) is 1.44. The monoisotopic (exact) mass is 203 g/mol. The summed E-state index contributed by atoms with van der Waals surface area (Å²) in [6.45, 7) is 4.00. The highest BCUT2D eigenvalue weighted by atomic mass is 15.2. The topological polar surface area (TPSA) is 55.6 Å². The van der Waals surface area contributed by atoms with Crippen LogP contribution in [0.3, 0.4) is 0 Å². The fourth-order valence-electron chi connectivity index (χ4n) is 1.33. The van der Waals surface area contributed by atoms with Gasteiger partial charge in [0.2, 0.25) is 5.95 Å². The van der Waals surface area contributed by atoms with Crippen LogP contribution < -0.4 is 5.32 Å². The van der Waals surface area contributed by atoms with Crippen molar-refractivity contribution in [2.24, 2.45) is 0 Å². The minimum absolute atomic E-state index is 0.609. The quantitative estimate of drug-likeness (QED) is 0.799. The SMILES string of the molecule is CNc1nccc(-n2cnc(C)c2C)n1. The number of nitrogens with one attached hydrogen (secondary N) is 1. The molecule has 78 valence electrons. The van der Waals surface area contributed by atoms with E-state index in [-0.39, 0.29) is 0 Å². The smallest absolute Gasteiger partial charge is 0.224 e. The molecular formula is C10H13N5. The van der Waals surface area contributed by atoms with E-state index in [0.29, 0.717) is 5.95 Å². The molecule has 2 heterocycles. The number of aryl methyl sites for hydroxylation is 1. The summed E-state index contributed by atoms with van der Waals surface area (Å²) in [7, 11) is 1.80. The van der Waals surface area contributed by atoms with E-state index in [0.717, 1.165) is 17.2 Å². The third kappa shape index (κ3) is 1.68. The molecule has 0 aliphatic heterocycles. The summed E-state index contributed by atoms with van der Waals surface area (Å²) in [6, 6.07) is 1.86. The van der Waals surface area contributed by atoms with Gasteiger partial charge in [0.15, 0.2) is 0 Å². The summed E-state index contributed by atoms with van der Waals surface area (Å²) < 4.78 is 1.94. The standard InChI is InChI=1S/C10H13N5/c1-7-8(2)15(6-13-7)9-4-5-12-10(11-3)14-9/h4-6H,1-3H3,(H,11,12,14). The van der Waals surface area contributed by atoms with Gasteiger partial charge in [0.05, 0.1) is 5.69 Å². The lowest BCUT2D eigenvalue weighted by Gasteiger charge is -2.05. The molecule has 0 amide bonds. The van der Waals surface area contributed by atoms with Gasteiger partial charge in [-0.05, 0) is 19.9 Å². The van der Waals surface area contributed by atoms with Gasteiger partial charge in [0.25, 0.3) is 0 Å². The molecule has 0 aliphatic carbocycles. The van der Waals surface area contributed by atoms with Crippen LogP contribution in [0.15, 0.2) is 18.6 Å². The van der Waals surface area contributed by atoms with Crippen LogP contribution in [0.4, 0.5) is 5.95 Å². The van der Waals surface area contributed by atoms with Gasteiger partial charge < -0.3 is 5.32 Å². The summed E-state index contributed by atoms with van der Waals surface area (Å²) in [6.07, 6.45) is 3.50. The molecule has 5 nitrogen and oxygen atoms in total. The predicted octanol–water partition coefficient (Wildman–Crippen LogP) is 1.32. The number of nitrogens with zero attached hydrogens (tertiary/aromatic N) is 4. The Hall–Kier alpha value is -1.91. The summed E-state index contributed by atoms with van der Waals surface area (Å²) in [5, 5.41) is 2.91. The van der Waals surface area contributed by atoms with Gasteiger partial charge in [0.1, 0.15) is 12.1 Å². The van der Waals surface area contributed by atoms with E-state index in [4.69, 9.17) is 0 Å². The molecular weight excluding hydrogens is 190 g/mol. The average molecular weight is 203 g/mol. The Labute approximate surface area is 88.2 Å². The van der Waals surface area contributed by atoms with Crippen LogP contribution in [-0.2, 0) is 0 Å². The first kappa shape index (κ1) is 9.64. The number of hydrogen-bond donors (Lipinski definition) is 1. The maximum Gasteiger partial charge on any atom is 0.224 e. The van der Waals surface area contributed by atoms with Crippen LogP contribution in [0, 0.1) is 13.8 Å². The molecule has 0 saturated heterocycles. The zero-order valence-corrected chi connectivity index (χ0v) is 9.02.